The fraction of sp³-hybridized carbons (Fsp3) is 0.500. The van der Waals surface area contributed by atoms with Gasteiger partial charge in [-0.1, -0.05) is 5.92 Å². The Morgan fingerprint density at radius 1 is 1.16 bits per heavy atom. The van der Waals surface area contributed by atoms with Crippen LogP contribution in [0.5, 0.6) is 0 Å². The van der Waals surface area contributed by atoms with E-state index in [4.69, 9.17) is 21.1 Å². The van der Waals surface area contributed by atoms with Crippen molar-refractivity contribution >= 4 is 23.5 Å². The van der Waals surface area contributed by atoms with Gasteiger partial charge in [0.15, 0.2) is 0 Å². The number of aromatic amines is 1. The van der Waals surface area contributed by atoms with Crippen molar-refractivity contribution in [3.8, 4) is 12.3 Å². The average Bonchev–Trinajstić information content (AvgIpc) is 2.82. The molecule has 1 aromatic rings. The van der Waals surface area contributed by atoms with E-state index in [1.54, 1.807) is 0 Å². The Hall–Kier alpha value is -1.43. The summed E-state index contributed by atoms with van der Waals surface area (Å²) in [6.07, 6.45) is 2.43. The number of phosphoric ester groups is 1. The fourth-order valence-corrected chi connectivity index (χ4v) is 6.02. The van der Waals surface area contributed by atoms with Gasteiger partial charge in [-0.25, -0.2) is 18.5 Å². The van der Waals surface area contributed by atoms with Crippen molar-refractivity contribution in [2.45, 2.75) is 24.7 Å². The van der Waals surface area contributed by atoms with Crippen molar-refractivity contribution in [3.05, 3.63) is 33.1 Å². The van der Waals surface area contributed by atoms with Crippen molar-refractivity contribution in [2.24, 2.45) is 5.41 Å². The maximum atomic E-state index is 12.0. The third-order valence-electron chi connectivity index (χ3n) is 4.25. The number of H-pyrrole nitrogens is 1. The molecular weight excluding hydrogens is 489 g/mol. The molecule has 1 aromatic heterocycles. The maximum absolute atomic E-state index is 12.0. The molecular formula is C12H17N2O14P3. The Balaban J connectivity index is 2.22. The molecule has 1 saturated carbocycles. The number of hydrogen-bond acceptors (Lipinski definition) is 10. The Morgan fingerprint density at radius 2 is 1.77 bits per heavy atom. The third-order valence-corrected chi connectivity index (χ3v) is 8.04. The van der Waals surface area contributed by atoms with Crippen LogP contribution in [0.1, 0.15) is 12.5 Å². The molecule has 0 spiro atoms. The van der Waals surface area contributed by atoms with Crippen LogP contribution in [-0.2, 0) is 26.8 Å². The number of aliphatic hydroxyl groups excluding tert-OH is 2. The molecule has 31 heavy (non-hydrogen) atoms. The van der Waals surface area contributed by atoms with E-state index in [2.05, 4.69) is 19.1 Å². The summed E-state index contributed by atoms with van der Waals surface area (Å²) in [5, 5.41) is 20.7. The van der Waals surface area contributed by atoms with Gasteiger partial charge in [0.2, 0.25) is 0 Å². The highest BCUT2D eigenvalue weighted by atomic mass is 31.3. The first-order valence-electron chi connectivity index (χ1n) is 7.95. The number of hydrogen-bond donors (Lipinski definition) is 7. The summed E-state index contributed by atoms with van der Waals surface area (Å²) in [7, 11) is -16.9. The Morgan fingerprint density at radius 3 is 2.29 bits per heavy atom. The topological polar surface area (TPSA) is 255 Å². The first-order valence-corrected chi connectivity index (χ1v) is 12.5. The monoisotopic (exact) mass is 506 g/mol. The number of aromatic nitrogens is 2. The normalized spacial score (nSPS) is 30.3. The largest absolute Gasteiger partial charge is 0.490 e. The molecule has 0 amide bonds. The lowest BCUT2D eigenvalue weighted by Gasteiger charge is -2.27. The summed E-state index contributed by atoms with van der Waals surface area (Å²) in [5.41, 5.74) is -3.60. The molecule has 0 saturated heterocycles. The highest BCUT2D eigenvalue weighted by molar-refractivity contribution is 7.66. The number of phosphoric acid groups is 3. The smallest absolute Gasteiger partial charge is 0.389 e. The predicted molar refractivity (Wildman–Crippen MR) is 98.1 cm³/mol. The van der Waals surface area contributed by atoms with Crippen LogP contribution in [-0.4, -0.2) is 58.2 Å². The molecule has 0 aromatic carbocycles. The zero-order chi connectivity index (χ0) is 23.8. The van der Waals surface area contributed by atoms with Gasteiger partial charge in [0.05, 0.1) is 18.1 Å². The van der Waals surface area contributed by atoms with E-state index >= 15 is 0 Å². The fourth-order valence-electron chi connectivity index (χ4n) is 2.93. The molecule has 174 valence electrons. The molecule has 0 aliphatic heterocycles. The minimum atomic E-state index is -5.77. The van der Waals surface area contributed by atoms with Crippen LogP contribution in [0.15, 0.2) is 21.9 Å². The van der Waals surface area contributed by atoms with E-state index < -0.39 is 71.4 Å². The lowest BCUT2D eigenvalue weighted by molar-refractivity contribution is -0.0252. The zero-order valence-corrected chi connectivity index (χ0v) is 17.8. The van der Waals surface area contributed by atoms with Crippen LogP contribution in [0, 0.1) is 17.8 Å². The van der Waals surface area contributed by atoms with Gasteiger partial charge in [-0.2, -0.15) is 8.62 Å². The van der Waals surface area contributed by atoms with Crippen LogP contribution < -0.4 is 11.2 Å². The second kappa shape index (κ2) is 8.84. The summed E-state index contributed by atoms with van der Waals surface area (Å²) < 4.78 is 46.4. The Labute approximate surface area is 172 Å². The number of aliphatic hydroxyl groups is 2. The van der Waals surface area contributed by atoms with Crippen LogP contribution in [0.4, 0.5) is 0 Å². The SMILES string of the molecule is C#C[C@]1(COP(=O)(O)OP(=O)(O)OP(=O)(O)O)C[C@@H](n2ccc(=O)[nH]c2=O)C(O)C1O. The predicted octanol–water partition coefficient (Wildman–Crippen LogP) is -1.83. The number of rotatable bonds is 8. The van der Waals surface area contributed by atoms with E-state index in [1.165, 1.54) is 0 Å². The molecule has 1 fully saturated rings. The zero-order valence-electron chi connectivity index (χ0n) is 15.1. The molecule has 4 unspecified atom stereocenters. The van der Waals surface area contributed by atoms with Gasteiger partial charge in [0.25, 0.3) is 5.56 Å². The van der Waals surface area contributed by atoms with E-state index in [1.807, 2.05) is 4.98 Å². The molecule has 1 heterocycles. The molecule has 7 N–H and O–H groups in total. The first kappa shape index (κ1) is 25.8. The van der Waals surface area contributed by atoms with Gasteiger partial charge in [0, 0.05) is 12.3 Å². The number of terminal acetylenes is 1. The Kier molecular flexibility index (Phi) is 7.36. The van der Waals surface area contributed by atoms with Gasteiger partial charge in [-0.05, 0) is 6.42 Å². The summed E-state index contributed by atoms with van der Waals surface area (Å²) >= 11 is 0. The summed E-state index contributed by atoms with van der Waals surface area (Å²) in [5.74, 6) is 2.06. The van der Waals surface area contributed by atoms with E-state index in [0.29, 0.717) is 0 Å². The summed E-state index contributed by atoms with van der Waals surface area (Å²) in [6, 6.07) is -0.248. The first-order chi connectivity index (χ1) is 14.0. The van der Waals surface area contributed by atoms with Crippen molar-refractivity contribution in [1.82, 2.24) is 9.55 Å². The highest BCUT2D eigenvalue weighted by Gasteiger charge is 2.54. The van der Waals surface area contributed by atoms with E-state index in [-0.39, 0.29) is 0 Å². The average molecular weight is 506 g/mol. The summed E-state index contributed by atoms with van der Waals surface area (Å²) in [4.78, 5) is 60.8. The van der Waals surface area contributed by atoms with Crippen LogP contribution in [0.3, 0.4) is 0 Å². The van der Waals surface area contributed by atoms with Crippen molar-refractivity contribution in [1.29, 1.82) is 0 Å². The van der Waals surface area contributed by atoms with Gasteiger partial charge in [-0.3, -0.25) is 18.9 Å². The minimum absolute atomic E-state index is 0.423. The highest BCUT2D eigenvalue weighted by Crippen LogP contribution is 2.66. The second-order valence-electron chi connectivity index (χ2n) is 6.39. The Bertz CT molecular complexity index is 1130. The molecule has 1 aliphatic rings. The lowest BCUT2D eigenvalue weighted by atomic mass is 9.86. The minimum Gasteiger partial charge on any atom is -0.389 e. The molecule has 6 atom stereocenters. The molecule has 1 aliphatic carbocycles. The van der Waals surface area contributed by atoms with Gasteiger partial charge < -0.3 is 29.8 Å². The second-order valence-corrected chi connectivity index (χ2v) is 10.8. The number of nitrogens with one attached hydrogen (secondary N) is 1. The van der Waals surface area contributed by atoms with Crippen LogP contribution in [0.2, 0.25) is 0 Å². The van der Waals surface area contributed by atoms with Gasteiger partial charge >= 0.3 is 29.2 Å². The molecule has 0 radical (unpaired) electrons. The van der Waals surface area contributed by atoms with Crippen molar-refractivity contribution in [2.75, 3.05) is 6.61 Å². The van der Waals surface area contributed by atoms with Gasteiger partial charge in [-0.15, -0.1) is 6.42 Å². The maximum Gasteiger partial charge on any atom is 0.490 e. The molecule has 16 nitrogen and oxygen atoms in total. The summed E-state index contributed by atoms with van der Waals surface area (Å²) in [6.45, 7) is -1.07. The molecule has 19 heteroatoms. The van der Waals surface area contributed by atoms with E-state index in [9.17, 15) is 38.4 Å². The van der Waals surface area contributed by atoms with Crippen molar-refractivity contribution in [3.63, 3.8) is 0 Å². The standard InChI is InChI=1S/C12H17N2O14P3/c1-2-12(6-26-30(22,23)28-31(24,25)27-29(19,20)21)5-7(9(16)10(12)17)14-4-3-8(15)13-11(14)18/h1,3-4,7,9-10,16-17H,5-6H2,(H,22,23)(H,24,25)(H,13,15,18)(H2,19,20,21)/t7-,9?,10?,12-/m1/s1. The molecule has 0 bridgehead atoms. The lowest BCUT2D eigenvalue weighted by Crippen LogP contribution is -2.39. The van der Waals surface area contributed by atoms with E-state index in [0.717, 1.165) is 16.8 Å². The molecule has 2 rings (SSSR count). The van der Waals surface area contributed by atoms with Crippen LogP contribution >= 0.6 is 23.5 Å². The van der Waals surface area contributed by atoms with Crippen molar-refractivity contribution < 1.29 is 56.6 Å². The third kappa shape index (κ3) is 6.30. The number of nitrogens with zero attached hydrogens (tertiary/aromatic N) is 1. The quantitative estimate of drug-likeness (QED) is 0.151. The van der Waals surface area contributed by atoms with Gasteiger partial charge in [0.1, 0.15) is 12.2 Å². The van der Waals surface area contributed by atoms with Crippen LogP contribution in [0.25, 0.3) is 0 Å².